The molecule has 0 amide bonds. The number of rotatable bonds is 66. The van der Waals surface area contributed by atoms with E-state index < -0.39 is 24.3 Å². The molecule has 0 aromatic carbocycles. The molecule has 0 aromatic heterocycles. The van der Waals surface area contributed by atoms with Gasteiger partial charge in [0.15, 0.2) is 12.4 Å². The molecule has 0 radical (unpaired) electrons. The fourth-order valence-corrected chi connectivity index (χ4v) is 10.4. The van der Waals surface area contributed by atoms with Crippen molar-refractivity contribution in [3.8, 4) is 0 Å². The van der Waals surface area contributed by atoms with Gasteiger partial charge >= 0.3 is 11.9 Å². The molecule has 0 spiro atoms. The van der Waals surface area contributed by atoms with Crippen molar-refractivity contribution in [3.05, 3.63) is 60.8 Å². The zero-order valence-corrected chi connectivity index (χ0v) is 55.3. The number of hydrogen-bond acceptors (Lipinski definition) is 8. The van der Waals surface area contributed by atoms with E-state index in [-0.39, 0.29) is 32.2 Å². The van der Waals surface area contributed by atoms with Gasteiger partial charge in [-0.25, -0.2) is 0 Å². The molecule has 0 saturated heterocycles. The zero-order valence-electron chi connectivity index (χ0n) is 55.3. The SMILES string of the molecule is CC/C=C\C/C=C\C/C=C\C/C=C\CCCCCCCCCCCCCCCCCCCCCCCCCCC(=O)OC(COC(=O)CCCCCCCCCCC/C=C\CCCCCCCCCC)COC(OCC[N+](C)(C)C)C(=O)[O-]. The maximum absolute atomic E-state index is 12.9. The first-order valence-corrected chi connectivity index (χ1v) is 35.4. The van der Waals surface area contributed by atoms with Crippen LogP contribution in [0.15, 0.2) is 60.8 Å². The van der Waals surface area contributed by atoms with Gasteiger partial charge in [-0.1, -0.05) is 306 Å². The minimum Gasteiger partial charge on any atom is -0.545 e. The summed E-state index contributed by atoms with van der Waals surface area (Å²) < 4.78 is 22.8. The first-order valence-electron chi connectivity index (χ1n) is 35.4. The summed E-state index contributed by atoms with van der Waals surface area (Å²) >= 11 is 0. The Labute approximate surface area is 514 Å². The number of hydrogen-bond donors (Lipinski definition) is 0. The van der Waals surface area contributed by atoms with Crippen LogP contribution in [0.4, 0.5) is 0 Å². The highest BCUT2D eigenvalue weighted by Gasteiger charge is 2.22. The summed E-state index contributed by atoms with van der Waals surface area (Å²) in [6.07, 6.45) is 81.7. The third kappa shape index (κ3) is 66.4. The van der Waals surface area contributed by atoms with Gasteiger partial charge in [0.05, 0.1) is 40.3 Å². The van der Waals surface area contributed by atoms with Crippen molar-refractivity contribution in [1.82, 2.24) is 0 Å². The number of aliphatic carboxylic acids is 1. The molecule has 0 aromatic rings. The lowest BCUT2D eigenvalue weighted by Gasteiger charge is -2.26. The Kier molecular flexibility index (Phi) is 62.6. The van der Waals surface area contributed by atoms with Gasteiger partial charge < -0.3 is 33.3 Å². The van der Waals surface area contributed by atoms with E-state index in [1.54, 1.807) is 0 Å². The Morgan fingerprint density at radius 3 is 1.04 bits per heavy atom. The van der Waals surface area contributed by atoms with Crippen molar-refractivity contribution in [3.63, 3.8) is 0 Å². The lowest BCUT2D eigenvalue weighted by atomic mass is 10.0. The summed E-state index contributed by atoms with van der Waals surface area (Å²) in [5.74, 6) is -2.26. The molecule has 83 heavy (non-hydrogen) atoms. The molecule has 0 bridgehead atoms. The summed E-state index contributed by atoms with van der Waals surface area (Å²) in [6.45, 7) is 4.68. The van der Waals surface area contributed by atoms with Crippen molar-refractivity contribution >= 4 is 17.9 Å². The van der Waals surface area contributed by atoms with Crippen LogP contribution in [-0.2, 0) is 33.3 Å². The van der Waals surface area contributed by atoms with Crippen LogP contribution in [0.5, 0.6) is 0 Å². The Morgan fingerprint density at radius 1 is 0.373 bits per heavy atom. The summed E-state index contributed by atoms with van der Waals surface area (Å²) in [4.78, 5) is 37.5. The van der Waals surface area contributed by atoms with Crippen molar-refractivity contribution in [1.29, 1.82) is 0 Å². The van der Waals surface area contributed by atoms with Gasteiger partial charge in [-0.2, -0.15) is 0 Å². The van der Waals surface area contributed by atoms with Gasteiger partial charge in [-0.15, -0.1) is 0 Å². The van der Waals surface area contributed by atoms with Crippen LogP contribution in [-0.4, -0.2) is 82.3 Å². The molecule has 0 aliphatic heterocycles. The molecule has 484 valence electrons. The lowest BCUT2D eigenvalue weighted by Crippen LogP contribution is -2.44. The third-order valence-corrected chi connectivity index (χ3v) is 15.7. The number of quaternary nitrogens is 1. The van der Waals surface area contributed by atoms with Gasteiger partial charge in [0.1, 0.15) is 13.2 Å². The smallest absolute Gasteiger partial charge is 0.306 e. The molecule has 0 rings (SSSR count). The van der Waals surface area contributed by atoms with Crippen LogP contribution in [0.2, 0.25) is 0 Å². The van der Waals surface area contributed by atoms with Crippen molar-refractivity contribution in [2.24, 2.45) is 0 Å². The molecule has 0 heterocycles. The topological polar surface area (TPSA) is 111 Å². The number of likely N-dealkylation sites (N-methyl/N-ethyl adjacent to an activating group) is 1. The number of esters is 2. The number of allylic oxidation sites excluding steroid dienone is 10. The molecule has 9 nitrogen and oxygen atoms in total. The fraction of sp³-hybridized carbons (Fsp3) is 0.824. The highest BCUT2D eigenvalue weighted by molar-refractivity contribution is 5.70. The second-order valence-corrected chi connectivity index (χ2v) is 25.1. The maximum Gasteiger partial charge on any atom is 0.306 e. The lowest BCUT2D eigenvalue weighted by molar-refractivity contribution is -0.870. The zero-order chi connectivity index (χ0) is 60.5. The Hall–Kier alpha value is -3.01. The monoisotopic (exact) mass is 1170 g/mol. The van der Waals surface area contributed by atoms with Crippen molar-refractivity contribution in [2.45, 2.75) is 347 Å². The minimum atomic E-state index is -1.62. The Balaban J connectivity index is 4.01. The first kappa shape index (κ1) is 80.0. The average Bonchev–Trinajstić information content (AvgIpc) is 3.46. The van der Waals surface area contributed by atoms with Crippen LogP contribution in [0.3, 0.4) is 0 Å². The molecule has 9 heteroatoms. The second kappa shape index (κ2) is 65.0. The summed E-state index contributed by atoms with van der Waals surface area (Å²) in [7, 11) is 5.94. The molecular formula is C74H135NO8. The predicted octanol–water partition coefficient (Wildman–Crippen LogP) is 20.6. The Morgan fingerprint density at radius 2 is 0.687 bits per heavy atom. The largest absolute Gasteiger partial charge is 0.545 e. The molecule has 0 aliphatic rings. The molecule has 0 aliphatic carbocycles. The van der Waals surface area contributed by atoms with Gasteiger partial charge in [-0.05, 0) is 77.0 Å². The number of nitrogens with zero attached hydrogens (tertiary/aromatic N) is 1. The summed E-state index contributed by atoms with van der Waals surface area (Å²) in [5.41, 5.74) is 0. The number of ether oxygens (including phenoxy) is 4. The highest BCUT2D eigenvalue weighted by atomic mass is 16.7. The normalized spacial score (nSPS) is 13.0. The quantitative estimate of drug-likeness (QED) is 0.0195. The first-order chi connectivity index (χ1) is 40.6. The van der Waals surface area contributed by atoms with Gasteiger partial charge in [-0.3, -0.25) is 9.59 Å². The minimum absolute atomic E-state index is 0.149. The van der Waals surface area contributed by atoms with Crippen LogP contribution in [0.25, 0.3) is 0 Å². The highest BCUT2D eigenvalue weighted by Crippen LogP contribution is 2.18. The number of carboxylic acids is 1. The molecule has 2 atom stereocenters. The number of carboxylic acid groups (broad SMARTS) is 1. The standard InChI is InChI=1S/C74H135NO8/c1-6-8-10-12-14-16-18-20-22-24-26-28-29-30-31-32-33-34-35-36-37-38-39-40-41-42-43-45-47-49-51-53-55-57-59-61-63-65-72(77)83-70(69-82-74(73(78)79)80-67-66-75(3,4)5)68-81-71(76)64-62-60-58-56-54-52-50-48-46-44-27-25-23-21-19-17-15-13-11-9-7-2/h8,10,14,16,20,22,25-28,70,74H,6-7,9,11-13,15,17-19,21,23-24,29-69H2,1-5H3/b10-8-,16-14-,22-20-,27-25-,28-26-. The van der Waals surface area contributed by atoms with E-state index in [0.717, 1.165) is 57.8 Å². The molecule has 0 N–H and O–H groups in total. The second-order valence-electron chi connectivity index (χ2n) is 25.1. The third-order valence-electron chi connectivity index (χ3n) is 15.7. The summed E-state index contributed by atoms with van der Waals surface area (Å²) in [6, 6.07) is 0. The number of unbranched alkanes of at least 4 members (excludes halogenated alkanes) is 41. The van der Waals surface area contributed by atoms with Crippen LogP contribution >= 0.6 is 0 Å². The molecule has 2 unspecified atom stereocenters. The molecular weight excluding hydrogens is 1030 g/mol. The Bertz CT molecular complexity index is 1550. The van der Waals surface area contributed by atoms with E-state index in [4.69, 9.17) is 18.9 Å². The van der Waals surface area contributed by atoms with E-state index in [1.165, 1.54) is 244 Å². The van der Waals surface area contributed by atoms with Gasteiger partial charge in [0.25, 0.3) is 0 Å². The number of carbonyl (C=O) groups is 3. The van der Waals surface area contributed by atoms with Crippen molar-refractivity contribution < 1.29 is 42.9 Å². The maximum atomic E-state index is 12.9. The summed E-state index contributed by atoms with van der Waals surface area (Å²) in [5, 5.41) is 11.8. The fourth-order valence-electron chi connectivity index (χ4n) is 10.4. The number of carbonyl (C=O) groups excluding carboxylic acids is 3. The van der Waals surface area contributed by atoms with Crippen LogP contribution in [0.1, 0.15) is 335 Å². The molecule has 0 saturated carbocycles. The van der Waals surface area contributed by atoms with E-state index >= 15 is 0 Å². The predicted molar refractivity (Wildman–Crippen MR) is 352 cm³/mol. The van der Waals surface area contributed by atoms with Crippen molar-refractivity contribution in [2.75, 3.05) is 47.5 Å². The van der Waals surface area contributed by atoms with E-state index in [1.807, 2.05) is 21.1 Å². The average molecular weight is 1170 g/mol. The van der Waals surface area contributed by atoms with E-state index in [0.29, 0.717) is 23.9 Å². The van der Waals surface area contributed by atoms with E-state index in [9.17, 15) is 19.5 Å². The van der Waals surface area contributed by atoms with Crippen LogP contribution in [0, 0.1) is 0 Å². The molecule has 0 fully saturated rings. The van der Waals surface area contributed by atoms with Gasteiger partial charge in [0.2, 0.25) is 0 Å². The van der Waals surface area contributed by atoms with E-state index in [2.05, 4.69) is 74.6 Å². The van der Waals surface area contributed by atoms with Gasteiger partial charge in [0, 0.05) is 12.8 Å². The van der Waals surface area contributed by atoms with Crippen LogP contribution < -0.4 is 5.11 Å².